The molecular weight excluding hydrogens is 372 g/mol. The summed E-state index contributed by atoms with van der Waals surface area (Å²) in [7, 11) is 0. The fourth-order valence-corrected chi connectivity index (χ4v) is 3.39. The third kappa shape index (κ3) is 3.73. The van der Waals surface area contributed by atoms with E-state index in [0.29, 0.717) is 17.1 Å². The number of para-hydroxylation sites is 1. The number of halogens is 1. The molecular formula is C23H17ClN2O2. The second-order valence-corrected chi connectivity index (χ2v) is 7.04. The monoisotopic (exact) mass is 388 g/mol. The summed E-state index contributed by atoms with van der Waals surface area (Å²) in [5.41, 5.74) is 3.19. The van der Waals surface area contributed by atoms with Crippen LogP contribution in [0.5, 0.6) is 0 Å². The maximum absolute atomic E-state index is 12.9. The molecule has 0 aliphatic heterocycles. The Morgan fingerprint density at radius 2 is 1.61 bits per heavy atom. The third-order valence-corrected chi connectivity index (χ3v) is 4.92. The Bertz CT molecular complexity index is 1150. The zero-order valence-corrected chi connectivity index (χ0v) is 15.8. The van der Waals surface area contributed by atoms with E-state index in [1.165, 1.54) is 0 Å². The van der Waals surface area contributed by atoms with Crippen molar-refractivity contribution in [3.05, 3.63) is 101 Å². The Labute approximate surface area is 167 Å². The molecule has 138 valence electrons. The molecule has 0 saturated heterocycles. The summed E-state index contributed by atoms with van der Waals surface area (Å²) in [6, 6.07) is 18.7. The predicted octanol–water partition coefficient (Wildman–Crippen LogP) is 4.73. The molecule has 0 aliphatic carbocycles. The van der Waals surface area contributed by atoms with Gasteiger partial charge in [-0.15, -0.1) is 0 Å². The normalized spacial score (nSPS) is 10.9. The van der Waals surface area contributed by atoms with Crippen molar-refractivity contribution < 1.29 is 9.59 Å². The van der Waals surface area contributed by atoms with E-state index in [1.54, 1.807) is 30.7 Å². The summed E-state index contributed by atoms with van der Waals surface area (Å²) in [4.78, 5) is 29.4. The Hall–Kier alpha value is -3.24. The molecule has 0 atom stereocenters. The summed E-state index contributed by atoms with van der Waals surface area (Å²) in [5, 5.41) is 1.46. The Morgan fingerprint density at radius 1 is 0.893 bits per heavy atom. The van der Waals surface area contributed by atoms with E-state index in [1.807, 2.05) is 53.1 Å². The highest BCUT2D eigenvalue weighted by atomic mass is 35.5. The van der Waals surface area contributed by atoms with Crippen LogP contribution in [0.4, 0.5) is 0 Å². The number of Topliss-reactive ketones (excluding diaryl/α,β-unsaturated/α-hetero) is 2. The molecule has 0 aliphatic rings. The lowest BCUT2D eigenvalue weighted by atomic mass is 10.0. The fourth-order valence-electron chi connectivity index (χ4n) is 3.26. The zero-order valence-electron chi connectivity index (χ0n) is 15.0. The van der Waals surface area contributed by atoms with E-state index in [-0.39, 0.29) is 6.42 Å². The number of hydrogen-bond donors (Lipinski definition) is 0. The average molecular weight is 389 g/mol. The first-order valence-electron chi connectivity index (χ1n) is 8.90. The highest BCUT2D eigenvalue weighted by Gasteiger charge is 2.21. The van der Waals surface area contributed by atoms with Gasteiger partial charge in [-0.2, -0.15) is 0 Å². The molecule has 0 spiro atoms. The summed E-state index contributed by atoms with van der Waals surface area (Å²) in [6.45, 7) is 0.587. The number of benzene rings is 2. The van der Waals surface area contributed by atoms with Crippen LogP contribution in [-0.2, 0) is 17.8 Å². The zero-order chi connectivity index (χ0) is 19.5. The van der Waals surface area contributed by atoms with Gasteiger partial charge >= 0.3 is 0 Å². The van der Waals surface area contributed by atoms with Crippen molar-refractivity contribution >= 4 is 34.1 Å². The molecule has 2 aromatic heterocycles. The standard InChI is InChI=1S/C23H17ClN2O2/c24-18-7-5-17(6-8-18)14-26-15-20(19-3-1-2-4-21(19)26)23(28)22(27)13-16-9-11-25-12-10-16/h1-12,15H,13-14H2. The molecule has 4 rings (SSSR count). The minimum atomic E-state index is -0.470. The van der Waals surface area contributed by atoms with Crippen molar-refractivity contribution in [1.29, 1.82) is 0 Å². The van der Waals surface area contributed by atoms with Crippen LogP contribution < -0.4 is 0 Å². The van der Waals surface area contributed by atoms with Crippen LogP contribution >= 0.6 is 11.6 Å². The van der Waals surface area contributed by atoms with Gasteiger partial charge in [-0.1, -0.05) is 41.9 Å². The lowest BCUT2D eigenvalue weighted by molar-refractivity contribution is -0.114. The molecule has 2 heterocycles. The summed E-state index contributed by atoms with van der Waals surface area (Å²) >= 11 is 5.96. The molecule has 4 nitrogen and oxygen atoms in total. The van der Waals surface area contributed by atoms with Gasteiger partial charge in [0, 0.05) is 47.5 Å². The smallest absolute Gasteiger partial charge is 0.231 e. The van der Waals surface area contributed by atoms with Gasteiger partial charge in [-0.3, -0.25) is 14.6 Å². The number of rotatable bonds is 6. The highest BCUT2D eigenvalue weighted by Crippen LogP contribution is 2.24. The first-order valence-corrected chi connectivity index (χ1v) is 9.28. The van der Waals surface area contributed by atoms with Crippen LogP contribution in [0.15, 0.2) is 79.3 Å². The van der Waals surface area contributed by atoms with E-state index in [9.17, 15) is 9.59 Å². The first-order chi connectivity index (χ1) is 13.6. The number of ketones is 2. The van der Waals surface area contributed by atoms with E-state index in [2.05, 4.69) is 4.98 Å². The van der Waals surface area contributed by atoms with E-state index < -0.39 is 11.6 Å². The van der Waals surface area contributed by atoms with Gasteiger partial charge in [0.1, 0.15) is 0 Å². The molecule has 0 saturated carbocycles. The van der Waals surface area contributed by atoms with Crippen molar-refractivity contribution in [3.63, 3.8) is 0 Å². The molecule has 2 aromatic carbocycles. The molecule has 0 unspecified atom stereocenters. The molecule has 0 fully saturated rings. The molecule has 4 aromatic rings. The molecule has 0 radical (unpaired) electrons. The maximum Gasteiger partial charge on any atom is 0.231 e. The van der Waals surface area contributed by atoms with Crippen molar-refractivity contribution in [3.8, 4) is 0 Å². The van der Waals surface area contributed by atoms with Gasteiger partial charge in [0.25, 0.3) is 0 Å². The Kier molecular flexibility index (Phi) is 5.04. The highest BCUT2D eigenvalue weighted by molar-refractivity contribution is 6.46. The van der Waals surface area contributed by atoms with E-state index in [4.69, 9.17) is 11.6 Å². The minimum absolute atomic E-state index is 0.0675. The van der Waals surface area contributed by atoms with Crippen molar-refractivity contribution in [2.24, 2.45) is 0 Å². The minimum Gasteiger partial charge on any atom is -0.342 e. The summed E-state index contributed by atoms with van der Waals surface area (Å²) in [5.74, 6) is -0.900. The van der Waals surface area contributed by atoms with Crippen LogP contribution in [0.3, 0.4) is 0 Å². The first kappa shape index (κ1) is 18.1. The van der Waals surface area contributed by atoms with Crippen LogP contribution in [-0.4, -0.2) is 21.1 Å². The van der Waals surface area contributed by atoms with Gasteiger partial charge < -0.3 is 4.57 Å². The van der Waals surface area contributed by atoms with Gasteiger partial charge in [0.15, 0.2) is 0 Å². The third-order valence-electron chi connectivity index (χ3n) is 4.67. The van der Waals surface area contributed by atoms with E-state index in [0.717, 1.165) is 22.0 Å². The largest absolute Gasteiger partial charge is 0.342 e. The second-order valence-electron chi connectivity index (χ2n) is 6.60. The van der Waals surface area contributed by atoms with E-state index >= 15 is 0 Å². The lowest BCUT2D eigenvalue weighted by Crippen LogP contribution is -2.16. The molecule has 5 heteroatoms. The maximum atomic E-state index is 12.9. The van der Waals surface area contributed by atoms with Crippen molar-refractivity contribution in [1.82, 2.24) is 9.55 Å². The van der Waals surface area contributed by atoms with Crippen LogP contribution in [0.2, 0.25) is 5.02 Å². The fraction of sp³-hybridized carbons (Fsp3) is 0.0870. The molecule has 0 N–H and O–H groups in total. The number of aromatic nitrogens is 2. The van der Waals surface area contributed by atoms with Crippen molar-refractivity contribution in [2.45, 2.75) is 13.0 Å². The van der Waals surface area contributed by atoms with Gasteiger partial charge in [-0.25, -0.2) is 0 Å². The quantitative estimate of drug-likeness (QED) is 0.354. The van der Waals surface area contributed by atoms with Gasteiger partial charge in [0.2, 0.25) is 11.6 Å². The number of carbonyl (C=O) groups is 2. The van der Waals surface area contributed by atoms with Crippen LogP contribution in [0.1, 0.15) is 21.5 Å². The Morgan fingerprint density at radius 3 is 2.36 bits per heavy atom. The summed E-state index contributed by atoms with van der Waals surface area (Å²) in [6.07, 6.45) is 5.07. The molecule has 28 heavy (non-hydrogen) atoms. The van der Waals surface area contributed by atoms with Crippen LogP contribution in [0.25, 0.3) is 10.9 Å². The topological polar surface area (TPSA) is 52.0 Å². The SMILES string of the molecule is O=C(Cc1ccncc1)C(=O)c1cn(Cc2ccc(Cl)cc2)c2ccccc12. The van der Waals surface area contributed by atoms with Crippen LogP contribution in [0, 0.1) is 0 Å². The number of nitrogens with zero attached hydrogens (tertiary/aromatic N) is 2. The predicted molar refractivity (Wildman–Crippen MR) is 110 cm³/mol. The van der Waals surface area contributed by atoms with Gasteiger partial charge in [-0.05, 0) is 41.5 Å². The number of pyridine rings is 1. The number of hydrogen-bond acceptors (Lipinski definition) is 3. The van der Waals surface area contributed by atoms with Crippen molar-refractivity contribution in [2.75, 3.05) is 0 Å². The second kappa shape index (κ2) is 7.79. The Balaban J connectivity index is 1.66. The average Bonchev–Trinajstić information content (AvgIpc) is 3.08. The number of carbonyl (C=O) groups excluding carboxylic acids is 2. The molecule has 0 bridgehead atoms. The van der Waals surface area contributed by atoms with Gasteiger partial charge in [0.05, 0.1) is 5.56 Å². The summed E-state index contributed by atoms with van der Waals surface area (Å²) < 4.78 is 1.99. The molecule has 0 amide bonds. The number of fused-ring (bicyclic) bond motifs is 1. The lowest BCUT2D eigenvalue weighted by Gasteiger charge is -2.05.